The zero-order valence-corrected chi connectivity index (χ0v) is 10.4. The Balaban J connectivity index is 2.33. The number of rotatable bonds is 6. The first-order chi connectivity index (χ1) is 8.39. The number of alkyl halides is 3. The molecule has 0 aliphatic carbocycles. The fraction of sp³-hybridized carbons (Fsp3) is 0.455. The van der Waals surface area contributed by atoms with E-state index in [0.29, 0.717) is 11.4 Å². The monoisotopic (exact) mass is 277 g/mol. The molecule has 0 unspecified atom stereocenters. The quantitative estimate of drug-likeness (QED) is 0.363. The summed E-state index contributed by atoms with van der Waals surface area (Å²) in [4.78, 5) is 3.75. The minimum Gasteiger partial charge on any atom is -0.388 e. The van der Waals surface area contributed by atoms with E-state index in [1.165, 1.54) is 17.8 Å². The number of nitrogens with zero attached hydrogens (tertiary/aromatic N) is 1. The van der Waals surface area contributed by atoms with Crippen molar-refractivity contribution in [3.8, 4) is 0 Å². The number of hydrogen-bond donors (Lipinski definition) is 2. The molecular weight excluding hydrogens is 263 g/mol. The van der Waals surface area contributed by atoms with Crippen molar-refractivity contribution in [1.82, 2.24) is 4.98 Å². The summed E-state index contributed by atoms with van der Waals surface area (Å²) in [5, 5.41) is 7.60. The highest BCUT2D eigenvalue weighted by molar-refractivity contribution is 7.99. The first-order valence-electron chi connectivity index (χ1n) is 5.38. The van der Waals surface area contributed by atoms with Gasteiger partial charge in [0.05, 0.1) is 16.4 Å². The van der Waals surface area contributed by atoms with Gasteiger partial charge in [-0.2, -0.15) is 13.2 Å². The molecule has 1 aromatic heterocycles. The second-order valence-corrected chi connectivity index (χ2v) is 4.83. The second kappa shape index (κ2) is 6.63. The van der Waals surface area contributed by atoms with Crippen LogP contribution in [0.1, 0.15) is 24.8 Å². The van der Waals surface area contributed by atoms with E-state index < -0.39 is 11.7 Å². The standard InChI is InChI=1S/C11H14F3N3S/c12-11(13,14)8-4-5-10(17-7-8)18-6-2-1-3-9(15)16/h4-5,7H,1-3,6H2,(H3,15,16). The Hall–Kier alpha value is -1.24. The van der Waals surface area contributed by atoms with Gasteiger partial charge in [-0.1, -0.05) is 0 Å². The predicted octanol–water partition coefficient (Wildman–Crippen LogP) is 3.30. The van der Waals surface area contributed by atoms with E-state index in [1.807, 2.05) is 0 Å². The Kier molecular flexibility index (Phi) is 5.46. The molecule has 18 heavy (non-hydrogen) atoms. The molecule has 0 bridgehead atoms. The van der Waals surface area contributed by atoms with Crippen LogP contribution in [-0.4, -0.2) is 16.6 Å². The molecule has 1 rings (SSSR count). The molecule has 0 radical (unpaired) electrons. The lowest BCUT2D eigenvalue weighted by Crippen LogP contribution is -2.08. The summed E-state index contributed by atoms with van der Waals surface area (Å²) in [5.74, 6) is 0.915. The van der Waals surface area contributed by atoms with Crippen LogP contribution in [-0.2, 0) is 6.18 Å². The highest BCUT2D eigenvalue weighted by Gasteiger charge is 2.30. The van der Waals surface area contributed by atoms with Crippen molar-refractivity contribution in [3.05, 3.63) is 23.9 Å². The van der Waals surface area contributed by atoms with E-state index in [4.69, 9.17) is 11.1 Å². The van der Waals surface area contributed by atoms with Crippen molar-refractivity contribution in [1.29, 1.82) is 5.41 Å². The van der Waals surface area contributed by atoms with Crippen LogP contribution in [0.4, 0.5) is 13.2 Å². The molecule has 3 N–H and O–H groups in total. The maximum absolute atomic E-state index is 12.3. The van der Waals surface area contributed by atoms with E-state index in [1.54, 1.807) is 0 Å². The summed E-state index contributed by atoms with van der Waals surface area (Å²) >= 11 is 1.40. The van der Waals surface area contributed by atoms with Crippen molar-refractivity contribution >= 4 is 17.6 Å². The van der Waals surface area contributed by atoms with Gasteiger partial charge in [-0.05, 0) is 30.7 Å². The Labute approximate surface area is 107 Å². The largest absolute Gasteiger partial charge is 0.417 e. The normalized spacial score (nSPS) is 11.5. The van der Waals surface area contributed by atoms with Gasteiger partial charge in [-0.3, -0.25) is 5.41 Å². The molecule has 0 spiro atoms. The summed E-state index contributed by atoms with van der Waals surface area (Å²) in [6, 6.07) is 2.41. The van der Waals surface area contributed by atoms with Gasteiger partial charge >= 0.3 is 6.18 Å². The molecule has 0 amide bonds. The van der Waals surface area contributed by atoms with Crippen LogP contribution >= 0.6 is 11.8 Å². The van der Waals surface area contributed by atoms with Crippen LogP contribution in [0.2, 0.25) is 0 Å². The summed E-state index contributed by atoms with van der Waals surface area (Å²) in [6.45, 7) is 0. The van der Waals surface area contributed by atoms with Crippen LogP contribution in [0, 0.1) is 5.41 Å². The summed E-state index contributed by atoms with van der Waals surface area (Å²) in [7, 11) is 0. The second-order valence-electron chi connectivity index (χ2n) is 3.71. The molecule has 0 aromatic carbocycles. The Bertz CT molecular complexity index is 390. The highest BCUT2D eigenvalue weighted by atomic mass is 32.2. The number of amidine groups is 1. The SMILES string of the molecule is N=C(N)CCCCSc1ccc(C(F)(F)F)cn1. The van der Waals surface area contributed by atoms with E-state index >= 15 is 0 Å². The highest BCUT2D eigenvalue weighted by Crippen LogP contribution is 2.29. The minimum absolute atomic E-state index is 0.160. The third-order valence-corrected chi connectivity index (χ3v) is 3.18. The van der Waals surface area contributed by atoms with Crippen molar-refractivity contribution in [3.63, 3.8) is 0 Å². The number of thioether (sulfide) groups is 1. The van der Waals surface area contributed by atoms with Crippen molar-refractivity contribution in [2.24, 2.45) is 5.73 Å². The first kappa shape index (κ1) is 14.8. The van der Waals surface area contributed by atoms with Crippen LogP contribution in [0.5, 0.6) is 0 Å². The third-order valence-electron chi connectivity index (χ3n) is 2.15. The first-order valence-corrected chi connectivity index (χ1v) is 6.37. The smallest absolute Gasteiger partial charge is 0.388 e. The van der Waals surface area contributed by atoms with E-state index in [-0.39, 0.29) is 5.84 Å². The molecule has 7 heteroatoms. The Morgan fingerprint density at radius 3 is 2.56 bits per heavy atom. The molecule has 0 aliphatic heterocycles. The van der Waals surface area contributed by atoms with Gasteiger partial charge in [-0.25, -0.2) is 4.98 Å². The van der Waals surface area contributed by atoms with E-state index in [9.17, 15) is 13.2 Å². The number of halogens is 3. The van der Waals surface area contributed by atoms with Crippen LogP contribution in [0.25, 0.3) is 0 Å². The van der Waals surface area contributed by atoms with Gasteiger partial charge in [0.15, 0.2) is 0 Å². The molecule has 3 nitrogen and oxygen atoms in total. The minimum atomic E-state index is -4.34. The number of aromatic nitrogens is 1. The number of pyridine rings is 1. The molecule has 0 atom stereocenters. The van der Waals surface area contributed by atoms with Crippen LogP contribution in [0.3, 0.4) is 0 Å². The molecule has 100 valence electrons. The predicted molar refractivity (Wildman–Crippen MR) is 65.7 cm³/mol. The van der Waals surface area contributed by atoms with Gasteiger partial charge < -0.3 is 5.73 Å². The molecule has 0 saturated heterocycles. The fourth-order valence-corrected chi connectivity index (χ4v) is 2.08. The summed E-state index contributed by atoms with van der Waals surface area (Å²) in [5.41, 5.74) is 4.47. The molecular formula is C11H14F3N3S. The van der Waals surface area contributed by atoms with Gasteiger partial charge in [0, 0.05) is 12.6 Å². The number of nitrogens with two attached hydrogens (primary N) is 1. The maximum atomic E-state index is 12.3. The number of hydrogen-bond acceptors (Lipinski definition) is 3. The van der Waals surface area contributed by atoms with Gasteiger partial charge in [0.2, 0.25) is 0 Å². The molecule has 0 saturated carbocycles. The summed E-state index contributed by atoms with van der Waals surface area (Å²) in [6.07, 6.45) is -1.27. The van der Waals surface area contributed by atoms with Crippen LogP contribution in [0.15, 0.2) is 23.4 Å². The zero-order chi connectivity index (χ0) is 13.6. The molecule has 0 aliphatic rings. The van der Waals surface area contributed by atoms with Crippen molar-refractivity contribution in [2.45, 2.75) is 30.5 Å². The average Bonchev–Trinajstić information content (AvgIpc) is 2.27. The lowest BCUT2D eigenvalue weighted by molar-refractivity contribution is -0.137. The lowest BCUT2D eigenvalue weighted by atomic mass is 10.2. The maximum Gasteiger partial charge on any atom is 0.417 e. The summed E-state index contributed by atoms with van der Waals surface area (Å²) < 4.78 is 36.8. The molecule has 1 heterocycles. The van der Waals surface area contributed by atoms with Gasteiger partial charge in [0.25, 0.3) is 0 Å². The molecule has 0 fully saturated rings. The average molecular weight is 277 g/mol. The van der Waals surface area contributed by atoms with Gasteiger partial charge in [0.1, 0.15) is 0 Å². The molecule has 1 aromatic rings. The number of nitrogens with one attached hydrogen (secondary N) is 1. The number of unbranched alkanes of at least 4 members (excludes halogenated alkanes) is 1. The zero-order valence-electron chi connectivity index (χ0n) is 9.63. The van der Waals surface area contributed by atoms with Crippen molar-refractivity contribution < 1.29 is 13.2 Å². The van der Waals surface area contributed by atoms with Gasteiger partial charge in [-0.15, -0.1) is 11.8 Å². The lowest BCUT2D eigenvalue weighted by Gasteiger charge is -2.06. The van der Waals surface area contributed by atoms with E-state index in [2.05, 4.69) is 4.98 Å². The Morgan fingerprint density at radius 1 is 1.33 bits per heavy atom. The fourth-order valence-electron chi connectivity index (χ4n) is 1.23. The Morgan fingerprint density at radius 2 is 2.06 bits per heavy atom. The third kappa shape index (κ3) is 5.39. The van der Waals surface area contributed by atoms with Crippen molar-refractivity contribution in [2.75, 3.05) is 5.75 Å². The van der Waals surface area contributed by atoms with E-state index in [0.717, 1.165) is 30.9 Å². The van der Waals surface area contributed by atoms with Crippen LogP contribution < -0.4 is 5.73 Å². The topological polar surface area (TPSA) is 62.8 Å².